The molecule has 150 valence electrons. The van der Waals surface area contributed by atoms with Gasteiger partial charge in [0.05, 0.1) is 23.4 Å². The van der Waals surface area contributed by atoms with Crippen LogP contribution in [0.4, 0.5) is 4.39 Å². The molecule has 1 heterocycles. The molecule has 1 aromatic rings. The summed E-state index contributed by atoms with van der Waals surface area (Å²) < 4.78 is 44.4. The lowest BCUT2D eigenvalue weighted by Crippen LogP contribution is -2.45. The zero-order chi connectivity index (χ0) is 20.2. The van der Waals surface area contributed by atoms with Gasteiger partial charge in [-0.15, -0.1) is 0 Å². The van der Waals surface area contributed by atoms with Crippen LogP contribution in [0.5, 0.6) is 0 Å². The van der Waals surface area contributed by atoms with Crippen LogP contribution in [0.1, 0.15) is 26.2 Å². The van der Waals surface area contributed by atoms with E-state index in [1.54, 1.807) is 6.92 Å². The minimum Gasteiger partial charge on any atom is -0.469 e. The van der Waals surface area contributed by atoms with Crippen LogP contribution in [0, 0.1) is 11.7 Å². The van der Waals surface area contributed by atoms with Gasteiger partial charge >= 0.3 is 5.97 Å². The third-order valence-corrected chi connectivity index (χ3v) is 6.63. The molecule has 1 atom stereocenters. The van der Waals surface area contributed by atoms with E-state index in [0.29, 0.717) is 12.8 Å². The number of hydrogen-bond donors (Lipinski definition) is 1. The molecule has 0 bridgehead atoms. The third-order valence-electron chi connectivity index (χ3n) is 4.44. The molecular formula is C17H22ClFN2O5S. The molecule has 27 heavy (non-hydrogen) atoms. The lowest BCUT2D eigenvalue weighted by molar-refractivity contribution is -0.141. The summed E-state index contributed by atoms with van der Waals surface area (Å²) in [5.41, 5.74) is 0. The number of amides is 1. The summed E-state index contributed by atoms with van der Waals surface area (Å²) in [6.45, 7) is 2.04. The fourth-order valence-corrected chi connectivity index (χ4v) is 4.63. The maximum atomic E-state index is 13.3. The number of carbonyl (C=O) groups is 2. The molecule has 1 aromatic carbocycles. The predicted octanol–water partition coefficient (Wildman–Crippen LogP) is 1.95. The third kappa shape index (κ3) is 5.40. The summed E-state index contributed by atoms with van der Waals surface area (Å²) in [5.74, 6) is -1.66. The summed E-state index contributed by atoms with van der Waals surface area (Å²) in [7, 11) is -2.52. The molecule has 0 unspecified atom stereocenters. The Morgan fingerprint density at radius 3 is 2.56 bits per heavy atom. The number of hydrogen-bond acceptors (Lipinski definition) is 5. The number of ether oxygens (including phenoxy) is 1. The molecule has 0 aliphatic carbocycles. The Morgan fingerprint density at radius 1 is 1.37 bits per heavy atom. The Balaban J connectivity index is 1.95. The Kier molecular flexibility index (Phi) is 7.19. The van der Waals surface area contributed by atoms with Gasteiger partial charge in [-0.2, -0.15) is 4.31 Å². The minimum atomic E-state index is -3.80. The number of esters is 1. The second-order valence-corrected chi connectivity index (χ2v) is 8.79. The van der Waals surface area contributed by atoms with E-state index in [1.165, 1.54) is 17.5 Å². The minimum absolute atomic E-state index is 0.0702. The molecular weight excluding hydrogens is 399 g/mol. The summed E-state index contributed by atoms with van der Waals surface area (Å²) in [6.07, 6.45) is 0.774. The average Bonchev–Trinajstić information content (AvgIpc) is 2.63. The number of nitrogens with one attached hydrogen (secondary N) is 1. The van der Waals surface area contributed by atoms with Gasteiger partial charge < -0.3 is 10.1 Å². The van der Waals surface area contributed by atoms with Crippen molar-refractivity contribution in [3.63, 3.8) is 0 Å². The highest BCUT2D eigenvalue weighted by Gasteiger charge is 2.32. The van der Waals surface area contributed by atoms with Gasteiger partial charge in [-0.25, -0.2) is 12.8 Å². The number of sulfonamides is 1. The zero-order valence-corrected chi connectivity index (χ0v) is 16.6. The Hall–Kier alpha value is -1.71. The zero-order valence-electron chi connectivity index (χ0n) is 15.1. The van der Waals surface area contributed by atoms with Crippen LogP contribution in [-0.4, -0.2) is 50.8 Å². The van der Waals surface area contributed by atoms with E-state index >= 15 is 0 Å². The molecule has 1 N–H and O–H groups in total. The largest absolute Gasteiger partial charge is 0.469 e. The molecule has 0 spiro atoms. The molecule has 1 aliphatic heterocycles. The van der Waals surface area contributed by atoms with Crippen molar-refractivity contribution in [1.29, 1.82) is 0 Å². The van der Waals surface area contributed by atoms with Crippen LogP contribution in [0.2, 0.25) is 5.02 Å². The maximum Gasteiger partial charge on any atom is 0.307 e. The number of nitrogens with zero attached hydrogens (tertiary/aromatic N) is 1. The lowest BCUT2D eigenvalue weighted by atomic mass is 9.97. The van der Waals surface area contributed by atoms with E-state index in [-0.39, 0.29) is 47.3 Å². The standard InChI is InChI=1S/C17H22ClFN2O5S/c1-11(9-16(22)26-2)20-17(23)12-5-7-21(8-6-12)27(24,25)13-3-4-15(19)14(18)10-13/h3-4,10-12H,5-9H2,1-2H3,(H,20,23)/t11-/m0/s1. The van der Waals surface area contributed by atoms with Gasteiger partial charge in [0.1, 0.15) is 5.82 Å². The molecule has 0 saturated carbocycles. The monoisotopic (exact) mass is 420 g/mol. The molecule has 1 fully saturated rings. The number of piperidine rings is 1. The number of rotatable bonds is 6. The van der Waals surface area contributed by atoms with E-state index in [9.17, 15) is 22.4 Å². The van der Waals surface area contributed by atoms with E-state index in [0.717, 1.165) is 12.1 Å². The second kappa shape index (κ2) is 8.99. The van der Waals surface area contributed by atoms with Crippen molar-refractivity contribution in [3.8, 4) is 0 Å². The van der Waals surface area contributed by atoms with Gasteiger partial charge in [-0.05, 0) is 38.0 Å². The van der Waals surface area contributed by atoms with E-state index < -0.39 is 21.8 Å². The molecule has 10 heteroatoms. The number of carbonyl (C=O) groups excluding carboxylic acids is 2. The molecule has 2 rings (SSSR count). The highest BCUT2D eigenvalue weighted by atomic mass is 35.5. The Labute approximate surface area is 162 Å². The number of benzene rings is 1. The van der Waals surface area contributed by atoms with E-state index in [4.69, 9.17) is 11.6 Å². The van der Waals surface area contributed by atoms with Gasteiger partial charge in [-0.1, -0.05) is 11.6 Å². The predicted molar refractivity (Wildman–Crippen MR) is 97.1 cm³/mol. The second-order valence-electron chi connectivity index (χ2n) is 6.44. The van der Waals surface area contributed by atoms with Crippen molar-refractivity contribution in [3.05, 3.63) is 29.0 Å². The summed E-state index contributed by atoms with van der Waals surface area (Å²) in [4.78, 5) is 23.4. The molecule has 0 radical (unpaired) electrons. The van der Waals surface area contributed by atoms with E-state index in [2.05, 4.69) is 10.1 Å². The highest BCUT2D eigenvalue weighted by Crippen LogP contribution is 2.26. The molecule has 1 saturated heterocycles. The SMILES string of the molecule is COC(=O)C[C@H](C)NC(=O)C1CCN(S(=O)(=O)c2ccc(F)c(Cl)c2)CC1. The first-order valence-electron chi connectivity index (χ1n) is 8.47. The average molecular weight is 421 g/mol. The van der Waals surface area contributed by atoms with Crippen LogP contribution in [0.25, 0.3) is 0 Å². The fourth-order valence-electron chi connectivity index (χ4n) is 2.89. The lowest BCUT2D eigenvalue weighted by Gasteiger charge is -2.31. The first kappa shape index (κ1) is 21.6. The van der Waals surface area contributed by atoms with Crippen molar-refractivity contribution >= 4 is 33.5 Å². The van der Waals surface area contributed by atoms with Gasteiger partial charge in [0.25, 0.3) is 0 Å². The Bertz CT molecular complexity index is 810. The maximum absolute atomic E-state index is 13.3. The van der Waals surface area contributed by atoms with Gasteiger partial charge in [0.15, 0.2) is 0 Å². The molecule has 7 nitrogen and oxygen atoms in total. The number of methoxy groups -OCH3 is 1. The van der Waals surface area contributed by atoms with Crippen molar-refractivity contribution in [2.75, 3.05) is 20.2 Å². The molecule has 1 aliphatic rings. The first-order valence-corrected chi connectivity index (χ1v) is 10.3. The van der Waals surface area contributed by atoms with Gasteiger partial charge in [0, 0.05) is 25.0 Å². The summed E-state index contributed by atoms with van der Waals surface area (Å²) >= 11 is 5.67. The van der Waals surface area contributed by atoms with Crippen molar-refractivity contribution < 1.29 is 27.1 Å². The quantitative estimate of drug-likeness (QED) is 0.710. The van der Waals surface area contributed by atoms with Crippen LogP contribution in [-0.2, 0) is 24.3 Å². The Morgan fingerprint density at radius 2 is 2.00 bits per heavy atom. The normalized spacial score (nSPS) is 17.3. The summed E-state index contributed by atoms with van der Waals surface area (Å²) in [6, 6.07) is 2.90. The van der Waals surface area contributed by atoms with Crippen molar-refractivity contribution in [2.24, 2.45) is 5.92 Å². The first-order chi connectivity index (χ1) is 12.6. The van der Waals surface area contributed by atoms with Crippen LogP contribution in [0.15, 0.2) is 23.1 Å². The van der Waals surface area contributed by atoms with Crippen LogP contribution >= 0.6 is 11.6 Å². The fraction of sp³-hybridized carbons (Fsp3) is 0.529. The topological polar surface area (TPSA) is 92.8 Å². The van der Waals surface area contributed by atoms with Gasteiger partial charge in [-0.3, -0.25) is 9.59 Å². The molecule has 1 amide bonds. The van der Waals surface area contributed by atoms with E-state index in [1.807, 2.05) is 0 Å². The van der Waals surface area contributed by atoms with Crippen molar-refractivity contribution in [2.45, 2.75) is 37.1 Å². The van der Waals surface area contributed by atoms with Crippen LogP contribution in [0.3, 0.4) is 0 Å². The highest BCUT2D eigenvalue weighted by molar-refractivity contribution is 7.89. The number of halogens is 2. The molecule has 0 aromatic heterocycles. The van der Waals surface area contributed by atoms with Crippen molar-refractivity contribution in [1.82, 2.24) is 9.62 Å². The van der Waals surface area contributed by atoms with Crippen LogP contribution < -0.4 is 5.32 Å². The summed E-state index contributed by atoms with van der Waals surface area (Å²) in [5, 5.41) is 2.49. The smallest absolute Gasteiger partial charge is 0.307 e. The van der Waals surface area contributed by atoms with Gasteiger partial charge in [0.2, 0.25) is 15.9 Å².